The molecule has 0 aromatic heterocycles. The molecule has 54 valence electrons. The second-order valence-corrected chi connectivity index (χ2v) is 1.28. The molecule has 10 heteroatoms. The predicted octanol–water partition coefficient (Wildman–Crippen LogP) is 1.51. The summed E-state index contributed by atoms with van der Waals surface area (Å²) in [5.74, 6) is 0. The maximum absolute atomic E-state index is 10.0. The van der Waals surface area contributed by atoms with Gasteiger partial charge in [-0.05, 0) is 0 Å². The van der Waals surface area contributed by atoms with Gasteiger partial charge in [-0.15, -0.1) is 15.5 Å². The first-order chi connectivity index (χ1) is 3.46. The van der Waals surface area contributed by atoms with Gasteiger partial charge in [-0.1, -0.05) is 0 Å². The third-order valence-electron chi connectivity index (χ3n) is 0. The van der Waals surface area contributed by atoms with Crippen LogP contribution in [0.5, 0.6) is 0 Å². The van der Waals surface area contributed by atoms with Crippen molar-refractivity contribution in [1.29, 1.82) is 9.56 Å². The molecule has 2 nitrogen and oxygen atoms in total. The third kappa shape index (κ3) is 421. The standard InChI is InChI=1S/2F2HNS.2Li/c2*1-4(2)3;;/h2*3H;;. The Kier molecular flexibility index (Phi) is 37.5. The van der Waals surface area contributed by atoms with Crippen LogP contribution in [0.25, 0.3) is 0 Å². The molecule has 2 radical (unpaired) electrons. The Labute approximate surface area is 85.5 Å². The minimum atomic E-state index is -3.11. The van der Waals surface area contributed by atoms with Crippen molar-refractivity contribution in [3.05, 3.63) is 0 Å². The number of rotatable bonds is 0. The van der Waals surface area contributed by atoms with E-state index in [0.717, 1.165) is 0 Å². The number of nitrogens with one attached hydrogen (secondary N) is 2. The van der Waals surface area contributed by atoms with Gasteiger partial charge in [0.2, 0.25) is 0 Å². The smallest absolute Gasteiger partial charge is 0.222 e. The maximum Gasteiger partial charge on any atom is 0.258 e. The number of hydrogen-bond donors (Lipinski definition) is 2. The Morgan fingerprint density at radius 2 is 0.700 bits per heavy atom. The Balaban J connectivity index is -0.0000000300. The molecule has 0 aliphatic heterocycles. The molecule has 0 saturated carbocycles. The van der Waals surface area contributed by atoms with Crippen LogP contribution < -0.4 is 0 Å². The van der Waals surface area contributed by atoms with E-state index < -0.39 is 22.9 Å². The van der Waals surface area contributed by atoms with Crippen LogP contribution in [0.15, 0.2) is 0 Å². The first-order valence-electron chi connectivity index (χ1n) is 1.03. The Hall–Kier alpha value is 1.21. The van der Waals surface area contributed by atoms with E-state index in [1.165, 1.54) is 0 Å². The maximum atomic E-state index is 10.0. The molecular weight excluding hydrogens is 182 g/mol. The van der Waals surface area contributed by atoms with E-state index in [1.807, 2.05) is 0 Å². The van der Waals surface area contributed by atoms with Crippen LogP contribution in [0.4, 0.5) is 15.5 Å². The largest absolute Gasteiger partial charge is 0.258 e. The number of halogens is 4. The number of hydrogen-bond acceptors (Lipinski definition) is 2. The molecule has 0 aliphatic rings. The van der Waals surface area contributed by atoms with E-state index in [-0.39, 0.29) is 37.7 Å². The molecule has 0 aliphatic carbocycles. The molecule has 0 heterocycles. The van der Waals surface area contributed by atoms with Gasteiger partial charge < -0.3 is 0 Å². The fourth-order valence-corrected chi connectivity index (χ4v) is 0. The summed E-state index contributed by atoms with van der Waals surface area (Å²) >= 11 is -6.22. The van der Waals surface area contributed by atoms with Gasteiger partial charge in [0, 0.05) is 37.7 Å². The van der Waals surface area contributed by atoms with Crippen LogP contribution in [0, 0.1) is 9.56 Å². The van der Waals surface area contributed by atoms with Crippen LogP contribution in [0.2, 0.25) is 0 Å². The van der Waals surface area contributed by atoms with Crippen molar-refractivity contribution in [2.75, 3.05) is 0 Å². The quantitative estimate of drug-likeness (QED) is 0.423. The average Bonchev–Trinajstić information content (AvgIpc) is 1.25. The van der Waals surface area contributed by atoms with E-state index in [4.69, 9.17) is 9.56 Å². The zero-order valence-electron chi connectivity index (χ0n) is 5.33. The molecule has 0 saturated heterocycles. The first-order valence-corrected chi connectivity index (χ1v) is 3.08. The molecule has 0 bridgehead atoms. The van der Waals surface area contributed by atoms with E-state index in [0.29, 0.717) is 0 Å². The summed E-state index contributed by atoms with van der Waals surface area (Å²) in [5, 5.41) is 0. The summed E-state index contributed by atoms with van der Waals surface area (Å²) in [4.78, 5) is 0. The fraction of sp³-hybridized carbons (Fsp3) is 0. The minimum absolute atomic E-state index is 0. The van der Waals surface area contributed by atoms with E-state index in [9.17, 15) is 15.5 Å². The molecule has 0 amide bonds. The summed E-state index contributed by atoms with van der Waals surface area (Å²) in [6.45, 7) is 0. The van der Waals surface area contributed by atoms with Crippen molar-refractivity contribution >= 4 is 60.6 Å². The molecule has 0 aromatic carbocycles. The first kappa shape index (κ1) is 22.5. The zero-order valence-corrected chi connectivity index (χ0v) is 6.96. The Morgan fingerprint density at radius 3 is 0.700 bits per heavy atom. The molecule has 0 aromatic rings. The second kappa shape index (κ2) is 16.7. The van der Waals surface area contributed by atoms with Gasteiger partial charge in [0.15, 0.2) is 0 Å². The van der Waals surface area contributed by atoms with E-state index >= 15 is 0 Å². The van der Waals surface area contributed by atoms with E-state index in [1.54, 1.807) is 0 Å². The molecule has 0 unspecified atom stereocenters. The van der Waals surface area contributed by atoms with Crippen molar-refractivity contribution in [1.82, 2.24) is 0 Å². The SMILES string of the molecule is N=S(F)F.N=S(F)F.[Li].[Li]. The summed E-state index contributed by atoms with van der Waals surface area (Å²) in [5.41, 5.74) is 0. The average molecular weight is 184 g/mol. The van der Waals surface area contributed by atoms with Crippen LogP contribution >= 0.6 is 0 Å². The molecular formula is H2F4Li2N2S2. The van der Waals surface area contributed by atoms with E-state index in [2.05, 4.69) is 0 Å². The van der Waals surface area contributed by atoms with Crippen molar-refractivity contribution in [2.45, 2.75) is 0 Å². The zero-order chi connectivity index (χ0) is 7.15. The summed E-state index contributed by atoms with van der Waals surface area (Å²) in [6.07, 6.45) is 0. The fourth-order valence-electron chi connectivity index (χ4n) is 0. The van der Waals surface area contributed by atoms with Crippen LogP contribution in [0.3, 0.4) is 0 Å². The summed E-state index contributed by atoms with van der Waals surface area (Å²) in [6, 6.07) is 0. The van der Waals surface area contributed by atoms with Crippen molar-refractivity contribution in [3.8, 4) is 0 Å². The van der Waals surface area contributed by atoms with Crippen molar-refractivity contribution in [2.24, 2.45) is 0 Å². The summed E-state index contributed by atoms with van der Waals surface area (Å²) in [7, 11) is 0. The molecule has 0 spiro atoms. The molecule has 0 fully saturated rings. The molecule has 10 heavy (non-hydrogen) atoms. The van der Waals surface area contributed by atoms with Gasteiger partial charge in [0.1, 0.15) is 0 Å². The van der Waals surface area contributed by atoms with Gasteiger partial charge in [0.25, 0.3) is 22.9 Å². The molecule has 0 atom stereocenters. The monoisotopic (exact) mass is 184 g/mol. The Bertz CT molecular complexity index is 77.3. The second-order valence-electron chi connectivity index (χ2n) is 0.425. The van der Waals surface area contributed by atoms with Gasteiger partial charge in [-0.2, -0.15) is 0 Å². The van der Waals surface area contributed by atoms with Crippen molar-refractivity contribution in [3.63, 3.8) is 0 Å². The van der Waals surface area contributed by atoms with Gasteiger partial charge in [-0.25, -0.2) is 9.56 Å². The van der Waals surface area contributed by atoms with Gasteiger partial charge in [-0.3, -0.25) is 0 Å². The van der Waals surface area contributed by atoms with Crippen LogP contribution in [-0.4, -0.2) is 37.7 Å². The van der Waals surface area contributed by atoms with Gasteiger partial charge in [0.05, 0.1) is 0 Å². The van der Waals surface area contributed by atoms with Crippen molar-refractivity contribution < 1.29 is 15.5 Å². The minimum Gasteiger partial charge on any atom is -0.222 e. The normalized spacial score (nSPS) is 7.00. The van der Waals surface area contributed by atoms with Crippen LogP contribution in [-0.2, 0) is 22.9 Å². The molecule has 0 rings (SSSR count). The third-order valence-corrected chi connectivity index (χ3v) is 0. The topological polar surface area (TPSA) is 47.7 Å². The Morgan fingerprint density at radius 1 is 0.700 bits per heavy atom. The van der Waals surface area contributed by atoms with Crippen LogP contribution in [0.1, 0.15) is 0 Å². The molecule has 2 N–H and O–H groups in total. The van der Waals surface area contributed by atoms with Gasteiger partial charge >= 0.3 is 0 Å². The predicted molar refractivity (Wildman–Crippen MR) is 36.1 cm³/mol. The summed E-state index contributed by atoms with van der Waals surface area (Å²) < 4.78 is 50.7.